The van der Waals surface area contributed by atoms with Crippen molar-refractivity contribution in [3.05, 3.63) is 53.6 Å². The van der Waals surface area contributed by atoms with Crippen molar-refractivity contribution < 1.29 is 0 Å². The van der Waals surface area contributed by atoms with Crippen molar-refractivity contribution in [3.63, 3.8) is 0 Å². The number of hydrogen-bond acceptors (Lipinski definition) is 2. The number of benzene rings is 1. The molecule has 2 aliphatic carbocycles. The highest BCUT2D eigenvalue weighted by Gasteiger charge is 2.39. The van der Waals surface area contributed by atoms with Crippen molar-refractivity contribution >= 4 is 0 Å². The molecule has 3 nitrogen and oxygen atoms in total. The van der Waals surface area contributed by atoms with Crippen LogP contribution in [0.5, 0.6) is 0 Å². The summed E-state index contributed by atoms with van der Waals surface area (Å²) in [6.45, 7) is 2.22. The number of imidazole rings is 1. The fraction of sp³-hybridized carbons (Fsp3) is 0.500. The van der Waals surface area contributed by atoms with E-state index in [9.17, 15) is 0 Å². The molecule has 1 heterocycles. The first-order chi connectivity index (χ1) is 10.3. The summed E-state index contributed by atoms with van der Waals surface area (Å²) < 4.78 is 0. The quantitative estimate of drug-likeness (QED) is 0.906. The van der Waals surface area contributed by atoms with Crippen molar-refractivity contribution in [1.29, 1.82) is 0 Å². The van der Waals surface area contributed by atoms with Gasteiger partial charge in [-0.25, -0.2) is 4.98 Å². The number of rotatable bonds is 3. The number of hydrogen-bond donors (Lipinski definition) is 2. The summed E-state index contributed by atoms with van der Waals surface area (Å²) in [5, 5.41) is 3.86. The molecule has 1 saturated carbocycles. The zero-order chi connectivity index (χ0) is 14.2. The zero-order valence-electron chi connectivity index (χ0n) is 12.5. The Hall–Kier alpha value is -1.61. The van der Waals surface area contributed by atoms with Crippen LogP contribution in [0.1, 0.15) is 42.8 Å². The number of aromatic nitrogens is 2. The molecular formula is C18H23N3. The minimum Gasteiger partial charge on any atom is -0.347 e. The van der Waals surface area contributed by atoms with Gasteiger partial charge in [0.25, 0.3) is 0 Å². The Kier molecular flexibility index (Phi) is 3.30. The summed E-state index contributed by atoms with van der Waals surface area (Å²) in [5.41, 5.74) is 3.14. The van der Waals surface area contributed by atoms with Gasteiger partial charge in [0.2, 0.25) is 0 Å². The van der Waals surface area contributed by atoms with Crippen LogP contribution in [0.4, 0.5) is 0 Å². The van der Waals surface area contributed by atoms with Gasteiger partial charge in [0.1, 0.15) is 5.82 Å². The number of fused-ring (bicyclic) bond motifs is 3. The largest absolute Gasteiger partial charge is 0.347 e. The molecule has 2 bridgehead atoms. The molecule has 1 fully saturated rings. The third-order valence-electron chi connectivity index (χ3n) is 5.38. The normalized spacial score (nSPS) is 28.9. The van der Waals surface area contributed by atoms with E-state index in [1.165, 1.54) is 25.7 Å². The van der Waals surface area contributed by atoms with E-state index in [0.29, 0.717) is 12.1 Å². The van der Waals surface area contributed by atoms with E-state index in [0.717, 1.165) is 17.7 Å². The fourth-order valence-corrected chi connectivity index (χ4v) is 4.30. The van der Waals surface area contributed by atoms with Crippen molar-refractivity contribution in [2.75, 3.05) is 0 Å². The Morgan fingerprint density at radius 3 is 2.38 bits per heavy atom. The van der Waals surface area contributed by atoms with Gasteiger partial charge in [-0.3, -0.25) is 0 Å². The number of H-pyrrole nitrogens is 1. The van der Waals surface area contributed by atoms with Crippen molar-refractivity contribution in [2.45, 2.75) is 44.7 Å². The van der Waals surface area contributed by atoms with Crippen LogP contribution in [0.3, 0.4) is 0 Å². The Balaban J connectivity index is 1.55. The highest BCUT2D eigenvalue weighted by atomic mass is 15.0. The minimum absolute atomic E-state index is 0.300. The Morgan fingerprint density at radius 2 is 1.81 bits per heavy atom. The molecule has 2 N–H and O–H groups in total. The van der Waals surface area contributed by atoms with Gasteiger partial charge in [0.05, 0.1) is 6.04 Å². The van der Waals surface area contributed by atoms with Gasteiger partial charge in [-0.05, 0) is 55.6 Å². The standard InChI is InChI=1S/C18H23N3/c1-12(18-19-8-9-20-18)21-17-15-6-7-16(17)11-14-5-3-2-4-13(14)10-15/h2-5,8-9,12,15-17,21H,6-7,10-11H2,1H3,(H,19,20). The smallest absolute Gasteiger partial charge is 0.122 e. The Morgan fingerprint density at radius 1 is 1.14 bits per heavy atom. The van der Waals surface area contributed by atoms with Crippen LogP contribution in [0.15, 0.2) is 36.7 Å². The van der Waals surface area contributed by atoms with Gasteiger partial charge in [0, 0.05) is 18.4 Å². The number of nitrogens with zero attached hydrogens (tertiary/aromatic N) is 1. The van der Waals surface area contributed by atoms with Gasteiger partial charge < -0.3 is 10.3 Å². The summed E-state index contributed by atoms with van der Waals surface area (Å²) in [6, 6.07) is 9.94. The third-order valence-corrected chi connectivity index (χ3v) is 5.38. The van der Waals surface area contributed by atoms with E-state index in [1.54, 1.807) is 11.1 Å². The molecule has 3 atom stereocenters. The minimum atomic E-state index is 0.300. The van der Waals surface area contributed by atoms with E-state index in [4.69, 9.17) is 0 Å². The molecule has 21 heavy (non-hydrogen) atoms. The van der Waals surface area contributed by atoms with E-state index >= 15 is 0 Å². The van der Waals surface area contributed by atoms with Gasteiger partial charge in [-0.1, -0.05) is 24.3 Å². The molecule has 3 unspecified atom stereocenters. The van der Waals surface area contributed by atoms with Crippen LogP contribution in [0, 0.1) is 11.8 Å². The summed E-state index contributed by atoms with van der Waals surface area (Å²) in [6.07, 6.45) is 8.93. The SMILES string of the molecule is CC(NC1C2CCC1Cc1ccccc1C2)c1ncc[nH]1. The average molecular weight is 281 g/mol. The van der Waals surface area contributed by atoms with Gasteiger partial charge in [-0.2, -0.15) is 0 Å². The summed E-state index contributed by atoms with van der Waals surface area (Å²) in [5.74, 6) is 2.60. The van der Waals surface area contributed by atoms with Crippen LogP contribution in [-0.2, 0) is 12.8 Å². The van der Waals surface area contributed by atoms with Crippen molar-refractivity contribution in [2.24, 2.45) is 11.8 Å². The zero-order valence-corrected chi connectivity index (χ0v) is 12.5. The first-order valence-corrected chi connectivity index (χ1v) is 8.13. The molecule has 0 amide bonds. The molecule has 2 aromatic rings. The maximum absolute atomic E-state index is 4.40. The van der Waals surface area contributed by atoms with Gasteiger partial charge in [-0.15, -0.1) is 0 Å². The molecule has 0 saturated heterocycles. The van der Waals surface area contributed by atoms with Gasteiger partial charge in [0.15, 0.2) is 0 Å². The number of aromatic amines is 1. The lowest BCUT2D eigenvalue weighted by Gasteiger charge is -2.27. The maximum Gasteiger partial charge on any atom is 0.122 e. The molecule has 4 rings (SSSR count). The molecule has 1 aromatic carbocycles. The van der Waals surface area contributed by atoms with E-state index in [1.807, 2.05) is 12.4 Å². The van der Waals surface area contributed by atoms with E-state index < -0.39 is 0 Å². The lowest BCUT2D eigenvalue weighted by atomic mass is 9.94. The first-order valence-electron chi connectivity index (χ1n) is 8.13. The topological polar surface area (TPSA) is 40.7 Å². The predicted molar refractivity (Wildman–Crippen MR) is 84.0 cm³/mol. The second kappa shape index (κ2) is 5.30. The predicted octanol–water partition coefficient (Wildman–Crippen LogP) is 3.25. The fourth-order valence-electron chi connectivity index (χ4n) is 4.30. The van der Waals surface area contributed by atoms with Crippen LogP contribution < -0.4 is 5.32 Å². The highest BCUT2D eigenvalue weighted by molar-refractivity contribution is 5.31. The monoisotopic (exact) mass is 281 g/mol. The Bertz CT molecular complexity index is 572. The molecular weight excluding hydrogens is 258 g/mol. The average Bonchev–Trinajstić information content (AvgIpc) is 3.08. The third kappa shape index (κ3) is 2.40. The molecule has 0 spiro atoms. The molecule has 1 aromatic heterocycles. The molecule has 0 aliphatic heterocycles. The second-order valence-corrected chi connectivity index (χ2v) is 6.66. The summed E-state index contributed by atoms with van der Waals surface area (Å²) in [4.78, 5) is 7.63. The van der Waals surface area contributed by atoms with Crippen LogP contribution >= 0.6 is 0 Å². The van der Waals surface area contributed by atoms with Crippen LogP contribution in [0.2, 0.25) is 0 Å². The first kappa shape index (κ1) is 13.1. The second-order valence-electron chi connectivity index (χ2n) is 6.66. The van der Waals surface area contributed by atoms with Crippen molar-refractivity contribution in [3.8, 4) is 0 Å². The summed E-state index contributed by atoms with van der Waals surface area (Å²) in [7, 11) is 0. The Labute approximate surface area is 126 Å². The number of nitrogens with one attached hydrogen (secondary N) is 2. The van der Waals surface area contributed by atoms with Crippen LogP contribution in [-0.4, -0.2) is 16.0 Å². The lowest BCUT2D eigenvalue weighted by Crippen LogP contribution is -2.39. The molecule has 0 radical (unpaired) electrons. The molecule has 110 valence electrons. The van der Waals surface area contributed by atoms with Crippen molar-refractivity contribution in [1.82, 2.24) is 15.3 Å². The summed E-state index contributed by atoms with van der Waals surface area (Å²) >= 11 is 0. The molecule has 3 heteroatoms. The van der Waals surface area contributed by atoms with Crippen LogP contribution in [0.25, 0.3) is 0 Å². The van der Waals surface area contributed by atoms with Gasteiger partial charge >= 0.3 is 0 Å². The molecule has 2 aliphatic rings. The highest BCUT2D eigenvalue weighted by Crippen LogP contribution is 2.40. The maximum atomic E-state index is 4.40. The lowest BCUT2D eigenvalue weighted by molar-refractivity contribution is 0.311. The van der Waals surface area contributed by atoms with E-state index in [2.05, 4.69) is 46.5 Å². The van der Waals surface area contributed by atoms with E-state index in [-0.39, 0.29) is 0 Å².